The number of carbonyl (C=O) groups excluding carboxylic acids is 1. The van der Waals surface area contributed by atoms with Crippen LogP contribution in [0.5, 0.6) is 0 Å². The Morgan fingerprint density at radius 3 is 2.38 bits per heavy atom. The number of amides is 1. The fourth-order valence-corrected chi connectivity index (χ4v) is 4.07. The van der Waals surface area contributed by atoms with Crippen LogP contribution >= 0.6 is 0 Å². The molecule has 4 aromatic rings. The SMILES string of the molecule is Cc1cc(-c2ccccc2)nn1-c1ccc(=O)n(CC(=O)N2CCN(c3ccccn3)CC2)n1. The van der Waals surface area contributed by atoms with Gasteiger partial charge in [-0.2, -0.15) is 5.10 Å². The molecule has 9 nitrogen and oxygen atoms in total. The smallest absolute Gasteiger partial charge is 0.267 e. The summed E-state index contributed by atoms with van der Waals surface area (Å²) >= 11 is 0. The molecule has 0 saturated carbocycles. The highest BCUT2D eigenvalue weighted by Crippen LogP contribution is 2.20. The van der Waals surface area contributed by atoms with Gasteiger partial charge in [-0.3, -0.25) is 9.59 Å². The number of piperazine rings is 1. The van der Waals surface area contributed by atoms with Crippen LogP contribution in [0.15, 0.2) is 77.7 Å². The second-order valence-corrected chi connectivity index (χ2v) is 8.19. The number of anilines is 1. The van der Waals surface area contributed by atoms with Crippen molar-refractivity contribution < 1.29 is 4.79 Å². The fourth-order valence-electron chi connectivity index (χ4n) is 4.07. The first-order valence-electron chi connectivity index (χ1n) is 11.2. The van der Waals surface area contributed by atoms with Crippen LogP contribution in [0.25, 0.3) is 17.1 Å². The average molecular weight is 456 g/mol. The highest BCUT2D eigenvalue weighted by Gasteiger charge is 2.22. The highest BCUT2D eigenvalue weighted by atomic mass is 16.2. The topological polar surface area (TPSA) is 89.2 Å². The van der Waals surface area contributed by atoms with Gasteiger partial charge in [0.25, 0.3) is 5.56 Å². The number of aryl methyl sites for hydroxylation is 1. The summed E-state index contributed by atoms with van der Waals surface area (Å²) in [6.45, 7) is 4.36. The van der Waals surface area contributed by atoms with E-state index in [1.165, 1.54) is 10.7 Å². The first-order chi connectivity index (χ1) is 16.6. The molecule has 3 aromatic heterocycles. The summed E-state index contributed by atoms with van der Waals surface area (Å²) in [5, 5.41) is 9.10. The summed E-state index contributed by atoms with van der Waals surface area (Å²) in [6, 6.07) is 20.7. The summed E-state index contributed by atoms with van der Waals surface area (Å²) in [5.74, 6) is 1.27. The minimum absolute atomic E-state index is 0.109. The van der Waals surface area contributed by atoms with E-state index in [4.69, 9.17) is 0 Å². The Morgan fingerprint density at radius 2 is 1.65 bits per heavy atom. The maximum atomic E-state index is 12.9. The minimum atomic E-state index is -0.322. The Balaban J connectivity index is 1.30. The number of hydrogen-bond acceptors (Lipinski definition) is 6. The molecule has 0 aliphatic carbocycles. The molecule has 4 heterocycles. The molecule has 0 atom stereocenters. The van der Waals surface area contributed by atoms with Crippen molar-refractivity contribution in [2.45, 2.75) is 13.5 Å². The Kier molecular flexibility index (Phi) is 5.90. The van der Waals surface area contributed by atoms with E-state index in [0.717, 1.165) is 22.8 Å². The molecule has 1 saturated heterocycles. The molecule has 1 fully saturated rings. The van der Waals surface area contributed by atoms with Crippen molar-refractivity contribution in [1.29, 1.82) is 0 Å². The largest absolute Gasteiger partial charge is 0.353 e. The molecule has 1 amide bonds. The number of rotatable bonds is 5. The molecule has 9 heteroatoms. The van der Waals surface area contributed by atoms with Gasteiger partial charge in [0.1, 0.15) is 12.4 Å². The predicted octanol–water partition coefficient (Wildman–Crippen LogP) is 2.15. The molecule has 5 rings (SSSR count). The van der Waals surface area contributed by atoms with Crippen LogP contribution in [0.2, 0.25) is 0 Å². The van der Waals surface area contributed by atoms with Crippen molar-refractivity contribution >= 4 is 11.7 Å². The zero-order chi connectivity index (χ0) is 23.5. The first kappa shape index (κ1) is 21.6. The van der Waals surface area contributed by atoms with E-state index in [1.807, 2.05) is 61.5 Å². The average Bonchev–Trinajstić information content (AvgIpc) is 3.28. The van der Waals surface area contributed by atoms with Gasteiger partial charge >= 0.3 is 0 Å². The van der Waals surface area contributed by atoms with Gasteiger partial charge in [-0.1, -0.05) is 36.4 Å². The van der Waals surface area contributed by atoms with Crippen molar-refractivity contribution in [1.82, 2.24) is 29.4 Å². The summed E-state index contributed by atoms with van der Waals surface area (Å²) in [5.41, 5.74) is 2.38. The maximum Gasteiger partial charge on any atom is 0.267 e. The van der Waals surface area contributed by atoms with Crippen molar-refractivity contribution in [2.24, 2.45) is 0 Å². The van der Waals surface area contributed by atoms with Gasteiger partial charge in [0.15, 0.2) is 5.82 Å². The van der Waals surface area contributed by atoms with E-state index in [-0.39, 0.29) is 18.0 Å². The number of aromatic nitrogens is 5. The van der Waals surface area contributed by atoms with Crippen LogP contribution in [0.4, 0.5) is 5.82 Å². The lowest BCUT2D eigenvalue weighted by Gasteiger charge is -2.35. The molecule has 0 N–H and O–H groups in total. The molecule has 1 aromatic carbocycles. The molecule has 0 radical (unpaired) electrons. The fraction of sp³-hybridized carbons (Fsp3) is 0.240. The standard InChI is InChI=1S/C25H25N7O2/c1-19-17-21(20-7-3-2-4-8-20)27-32(19)23-10-11-24(33)31(28-23)18-25(34)30-15-13-29(14-16-30)22-9-5-6-12-26-22/h2-12,17H,13-16,18H2,1H3. The molecule has 0 spiro atoms. The molecule has 34 heavy (non-hydrogen) atoms. The zero-order valence-electron chi connectivity index (χ0n) is 18.9. The highest BCUT2D eigenvalue weighted by molar-refractivity contribution is 5.76. The zero-order valence-corrected chi connectivity index (χ0v) is 18.9. The third-order valence-electron chi connectivity index (χ3n) is 5.92. The van der Waals surface area contributed by atoms with Gasteiger partial charge in [-0.25, -0.2) is 14.3 Å². The number of hydrogen-bond donors (Lipinski definition) is 0. The number of nitrogens with zero attached hydrogens (tertiary/aromatic N) is 7. The van der Waals surface area contributed by atoms with Gasteiger partial charge in [0, 0.05) is 49.7 Å². The van der Waals surface area contributed by atoms with Crippen LogP contribution < -0.4 is 10.5 Å². The summed E-state index contributed by atoms with van der Waals surface area (Å²) in [4.78, 5) is 33.7. The van der Waals surface area contributed by atoms with E-state index in [9.17, 15) is 9.59 Å². The quantitative estimate of drug-likeness (QED) is 0.458. The van der Waals surface area contributed by atoms with Crippen LogP contribution in [-0.2, 0) is 11.3 Å². The predicted molar refractivity (Wildman–Crippen MR) is 129 cm³/mol. The van der Waals surface area contributed by atoms with Crippen molar-refractivity contribution in [3.8, 4) is 17.1 Å². The second kappa shape index (κ2) is 9.30. The molecule has 1 aliphatic rings. The van der Waals surface area contributed by atoms with Crippen LogP contribution in [0.3, 0.4) is 0 Å². The van der Waals surface area contributed by atoms with Crippen molar-refractivity contribution in [2.75, 3.05) is 31.1 Å². The lowest BCUT2D eigenvalue weighted by Crippen LogP contribution is -2.50. The van der Waals surface area contributed by atoms with E-state index >= 15 is 0 Å². The van der Waals surface area contributed by atoms with Crippen LogP contribution in [0, 0.1) is 6.92 Å². The molecule has 172 valence electrons. The van der Waals surface area contributed by atoms with Gasteiger partial charge in [0.2, 0.25) is 5.91 Å². The summed E-state index contributed by atoms with van der Waals surface area (Å²) in [7, 11) is 0. The molecular formula is C25H25N7O2. The summed E-state index contributed by atoms with van der Waals surface area (Å²) in [6.07, 6.45) is 1.77. The Bertz CT molecular complexity index is 1340. The Labute approximate surface area is 196 Å². The van der Waals surface area contributed by atoms with E-state index in [0.29, 0.717) is 32.0 Å². The molecular weight excluding hydrogens is 430 g/mol. The molecule has 0 unspecified atom stereocenters. The number of carbonyl (C=O) groups is 1. The number of benzene rings is 1. The lowest BCUT2D eigenvalue weighted by atomic mass is 10.1. The number of pyridine rings is 1. The monoisotopic (exact) mass is 455 g/mol. The second-order valence-electron chi connectivity index (χ2n) is 8.19. The van der Waals surface area contributed by atoms with Crippen molar-refractivity contribution in [3.05, 3.63) is 89.0 Å². The van der Waals surface area contributed by atoms with E-state index in [1.54, 1.807) is 21.8 Å². The van der Waals surface area contributed by atoms with E-state index < -0.39 is 0 Å². The molecule has 1 aliphatic heterocycles. The minimum Gasteiger partial charge on any atom is -0.353 e. The van der Waals surface area contributed by atoms with Gasteiger partial charge < -0.3 is 9.80 Å². The van der Waals surface area contributed by atoms with Gasteiger partial charge in [-0.05, 0) is 31.2 Å². The normalized spacial score (nSPS) is 13.8. The molecule has 0 bridgehead atoms. The lowest BCUT2D eigenvalue weighted by molar-refractivity contribution is -0.132. The van der Waals surface area contributed by atoms with Crippen LogP contribution in [-0.4, -0.2) is 61.5 Å². The first-order valence-corrected chi connectivity index (χ1v) is 11.2. The third-order valence-corrected chi connectivity index (χ3v) is 5.92. The maximum absolute atomic E-state index is 12.9. The third kappa shape index (κ3) is 4.45. The summed E-state index contributed by atoms with van der Waals surface area (Å²) < 4.78 is 2.90. The van der Waals surface area contributed by atoms with Gasteiger partial charge in [-0.15, -0.1) is 5.10 Å². The van der Waals surface area contributed by atoms with Crippen LogP contribution in [0.1, 0.15) is 5.69 Å². The van der Waals surface area contributed by atoms with Gasteiger partial charge in [0.05, 0.1) is 5.69 Å². The van der Waals surface area contributed by atoms with E-state index in [2.05, 4.69) is 20.1 Å². The Hall–Kier alpha value is -4.27. The Morgan fingerprint density at radius 1 is 0.882 bits per heavy atom. The van der Waals surface area contributed by atoms with Crippen molar-refractivity contribution in [3.63, 3.8) is 0 Å².